The Hall–Kier alpha value is -0.330. The van der Waals surface area contributed by atoms with Gasteiger partial charge in [-0.05, 0) is 32.6 Å². The first-order chi connectivity index (χ1) is 8.26. The second-order valence-corrected chi connectivity index (χ2v) is 5.00. The van der Waals surface area contributed by atoms with Gasteiger partial charge in [-0.1, -0.05) is 6.92 Å². The van der Waals surface area contributed by atoms with Crippen molar-refractivity contribution in [1.29, 1.82) is 0 Å². The Kier molecular flexibility index (Phi) is 7.82. The Morgan fingerprint density at radius 3 is 2.28 bits per heavy atom. The molecule has 0 aliphatic rings. The number of nitrogens with two attached hydrogens (primary N) is 1. The summed E-state index contributed by atoms with van der Waals surface area (Å²) in [6.45, 7) is 4.16. The summed E-state index contributed by atoms with van der Waals surface area (Å²) in [5, 5.41) is 12.2. The van der Waals surface area contributed by atoms with Crippen molar-refractivity contribution in [2.24, 2.45) is 5.73 Å². The largest absolute Gasteiger partial charge is 0.396 e. The van der Waals surface area contributed by atoms with Crippen LogP contribution in [0.25, 0.3) is 0 Å². The summed E-state index contributed by atoms with van der Waals surface area (Å²) < 4.78 is 36.3. The Balaban J connectivity index is 4.24. The highest BCUT2D eigenvalue weighted by atomic mass is 19.4. The molecule has 0 aromatic heterocycles. The Bertz CT molecular complexity index is 224. The zero-order valence-corrected chi connectivity index (χ0v) is 11.2. The predicted molar refractivity (Wildman–Crippen MR) is 66.3 cm³/mol. The second kappa shape index (κ2) is 7.96. The summed E-state index contributed by atoms with van der Waals surface area (Å²) >= 11 is 0. The van der Waals surface area contributed by atoms with Gasteiger partial charge in [0.1, 0.15) is 0 Å². The number of hydrogen-bond donors (Lipinski definition) is 3. The van der Waals surface area contributed by atoms with Crippen molar-refractivity contribution >= 4 is 0 Å². The van der Waals surface area contributed by atoms with Gasteiger partial charge < -0.3 is 16.2 Å². The van der Waals surface area contributed by atoms with Crippen molar-refractivity contribution in [1.82, 2.24) is 5.32 Å². The van der Waals surface area contributed by atoms with Crippen molar-refractivity contribution in [3.63, 3.8) is 0 Å². The maximum atomic E-state index is 12.1. The fourth-order valence-electron chi connectivity index (χ4n) is 1.94. The lowest BCUT2D eigenvalue weighted by Gasteiger charge is -2.34. The van der Waals surface area contributed by atoms with E-state index >= 15 is 0 Å². The molecule has 0 amide bonds. The van der Waals surface area contributed by atoms with E-state index in [0.717, 1.165) is 6.42 Å². The lowest BCUT2D eigenvalue weighted by molar-refractivity contribution is -0.136. The molecule has 3 nitrogen and oxygen atoms in total. The second-order valence-electron chi connectivity index (χ2n) is 5.00. The van der Waals surface area contributed by atoms with Gasteiger partial charge in [-0.25, -0.2) is 0 Å². The van der Waals surface area contributed by atoms with Crippen LogP contribution in [0.3, 0.4) is 0 Å². The molecule has 0 aliphatic carbocycles. The minimum Gasteiger partial charge on any atom is -0.396 e. The zero-order chi connectivity index (χ0) is 14.2. The predicted octanol–water partition coefficient (Wildman–Crippen LogP) is 2.19. The van der Waals surface area contributed by atoms with E-state index in [0.29, 0.717) is 12.8 Å². The minimum absolute atomic E-state index is 0.0642. The molecule has 0 bridgehead atoms. The highest BCUT2D eigenvalue weighted by Gasteiger charge is 2.30. The maximum absolute atomic E-state index is 12.1. The Morgan fingerprint density at radius 2 is 1.89 bits per heavy atom. The molecule has 2 atom stereocenters. The Morgan fingerprint density at radius 1 is 1.28 bits per heavy atom. The van der Waals surface area contributed by atoms with Crippen LogP contribution >= 0.6 is 0 Å². The van der Waals surface area contributed by atoms with Crippen molar-refractivity contribution in [2.45, 2.75) is 63.7 Å². The number of aliphatic hydroxyl groups is 1. The molecule has 110 valence electrons. The molecule has 18 heavy (non-hydrogen) atoms. The molecule has 4 N–H and O–H groups in total. The average molecular weight is 270 g/mol. The number of alkyl halides is 3. The number of rotatable bonds is 9. The number of nitrogens with one attached hydrogen (secondary N) is 1. The first kappa shape index (κ1) is 17.7. The topological polar surface area (TPSA) is 58.3 Å². The first-order valence-corrected chi connectivity index (χ1v) is 6.41. The molecule has 0 fully saturated rings. The molecule has 0 saturated carbocycles. The number of aliphatic hydroxyl groups excluding tert-OH is 1. The molecule has 0 radical (unpaired) electrons. The van der Waals surface area contributed by atoms with E-state index < -0.39 is 18.1 Å². The number of hydrogen-bond acceptors (Lipinski definition) is 3. The van der Waals surface area contributed by atoms with Crippen LogP contribution in [-0.2, 0) is 0 Å². The van der Waals surface area contributed by atoms with E-state index in [1.54, 1.807) is 0 Å². The zero-order valence-electron chi connectivity index (χ0n) is 11.2. The van der Waals surface area contributed by atoms with E-state index in [-0.39, 0.29) is 25.6 Å². The van der Waals surface area contributed by atoms with Crippen LogP contribution in [-0.4, -0.2) is 36.0 Å². The first-order valence-electron chi connectivity index (χ1n) is 6.41. The third-order valence-electron chi connectivity index (χ3n) is 3.16. The van der Waals surface area contributed by atoms with Crippen LogP contribution in [0.5, 0.6) is 0 Å². The maximum Gasteiger partial charge on any atom is 0.389 e. The van der Waals surface area contributed by atoms with Crippen molar-refractivity contribution in [3.05, 3.63) is 0 Å². The molecular weight excluding hydrogens is 245 g/mol. The summed E-state index contributed by atoms with van der Waals surface area (Å²) in [5.74, 6) is 0. The van der Waals surface area contributed by atoms with E-state index in [2.05, 4.69) is 5.32 Å². The van der Waals surface area contributed by atoms with Gasteiger partial charge in [0.2, 0.25) is 0 Å². The lowest BCUT2D eigenvalue weighted by Crippen LogP contribution is -2.53. The molecule has 0 aliphatic heterocycles. The summed E-state index contributed by atoms with van der Waals surface area (Å²) in [6.07, 6.45) is -3.03. The molecule has 0 spiro atoms. The minimum atomic E-state index is -4.11. The molecule has 0 heterocycles. The van der Waals surface area contributed by atoms with Crippen LogP contribution in [0.4, 0.5) is 13.2 Å². The van der Waals surface area contributed by atoms with Crippen LogP contribution in [0, 0.1) is 0 Å². The molecule has 0 aromatic carbocycles. The summed E-state index contributed by atoms with van der Waals surface area (Å²) in [7, 11) is 0. The highest BCUT2D eigenvalue weighted by Crippen LogP contribution is 2.25. The van der Waals surface area contributed by atoms with Crippen molar-refractivity contribution in [3.8, 4) is 0 Å². The molecule has 6 heteroatoms. The van der Waals surface area contributed by atoms with Crippen LogP contribution < -0.4 is 11.1 Å². The van der Waals surface area contributed by atoms with E-state index in [1.807, 2.05) is 13.8 Å². The molecular formula is C12H25F3N2O. The van der Waals surface area contributed by atoms with E-state index in [4.69, 9.17) is 10.8 Å². The van der Waals surface area contributed by atoms with Crippen molar-refractivity contribution < 1.29 is 18.3 Å². The smallest absolute Gasteiger partial charge is 0.389 e. The fraction of sp³-hybridized carbons (Fsp3) is 1.00. The van der Waals surface area contributed by atoms with Gasteiger partial charge in [-0.2, -0.15) is 13.2 Å². The fourth-order valence-corrected chi connectivity index (χ4v) is 1.94. The van der Waals surface area contributed by atoms with Gasteiger partial charge in [0, 0.05) is 31.2 Å². The Labute approximate surface area is 107 Å². The highest BCUT2D eigenvalue weighted by molar-refractivity contribution is 4.87. The quantitative estimate of drug-likeness (QED) is 0.602. The van der Waals surface area contributed by atoms with Gasteiger partial charge in [0.15, 0.2) is 0 Å². The van der Waals surface area contributed by atoms with Gasteiger partial charge in [-0.3, -0.25) is 0 Å². The standard InChI is InChI=1S/C12H25F3N2O/c1-3-10(5-8-18)17-11(2,9-16)6-4-7-12(13,14)15/h10,17-18H,3-9,16H2,1-2H3. The lowest BCUT2D eigenvalue weighted by atomic mass is 9.92. The average Bonchev–Trinajstić information content (AvgIpc) is 2.26. The molecule has 2 unspecified atom stereocenters. The van der Waals surface area contributed by atoms with Crippen LogP contribution in [0.15, 0.2) is 0 Å². The van der Waals surface area contributed by atoms with Crippen molar-refractivity contribution in [2.75, 3.05) is 13.2 Å². The summed E-state index contributed by atoms with van der Waals surface area (Å²) in [4.78, 5) is 0. The third-order valence-corrected chi connectivity index (χ3v) is 3.16. The normalized spacial score (nSPS) is 17.5. The summed E-state index contributed by atoms with van der Waals surface area (Å²) in [6, 6.07) is 0.0921. The molecule has 0 saturated heterocycles. The van der Waals surface area contributed by atoms with Gasteiger partial charge in [-0.15, -0.1) is 0 Å². The van der Waals surface area contributed by atoms with E-state index in [1.165, 1.54) is 0 Å². The number of halogens is 3. The monoisotopic (exact) mass is 270 g/mol. The molecule has 0 rings (SSSR count). The van der Waals surface area contributed by atoms with Gasteiger partial charge in [0.25, 0.3) is 0 Å². The SMILES string of the molecule is CCC(CCO)NC(C)(CN)CCCC(F)(F)F. The van der Waals surface area contributed by atoms with E-state index in [9.17, 15) is 13.2 Å². The van der Waals surface area contributed by atoms with Crippen LogP contribution in [0.2, 0.25) is 0 Å². The summed E-state index contributed by atoms with van der Waals surface area (Å²) in [5.41, 5.74) is 5.15. The van der Waals surface area contributed by atoms with Crippen LogP contribution in [0.1, 0.15) is 46.0 Å². The van der Waals surface area contributed by atoms with Gasteiger partial charge in [0.05, 0.1) is 0 Å². The molecule has 0 aromatic rings. The third kappa shape index (κ3) is 7.89. The van der Waals surface area contributed by atoms with Gasteiger partial charge >= 0.3 is 6.18 Å².